The van der Waals surface area contributed by atoms with Crippen LogP contribution in [0.5, 0.6) is 0 Å². The molecule has 1 heterocycles. The van der Waals surface area contributed by atoms with Crippen LogP contribution in [-0.4, -0.2) is 11.8 Å². The van der Waals surface area contributed by atoms with Crippen LogP contribution in [-0.2, 0) is 9.59 Å². The van der Waals surface area contributed by atoms with Gasteiger partial charge >= 0.3 is 0 Å². The van der Waals surface area contributed by atoms with Gasteiger partial charge in [-0.3, -0.25) is 9.59 Å². The molecular formula is C27H23NO2. The van der Waals surface area contributed by atoms with Gasteiger partial charge < -0.3 is 0 Å². The number of benzene rings is 3. The van der Waals surface area contributed by atoms with Crippen LogP contribution in [0.2, 0.25) is 0 Å². The minimum absolute atomic E-state index is 0.0476. The van der Waals surface area contributed by atoms with Gasteiger partial charge in [-0.2, -0.15) is 0 Å². The van der Waals surface area contributed by atoms with Crippen LogP contribution in [0.25, 0.3) is 0 Å². The molecule has 2 bridgehead atoms. The number of aryl methyl sites for hydroxylation is 3. The van der Waals surface area contributed by atoms with Crippen molar-refractivity contribution in [1.29, 1.82) is 0 Å². The number of anilines is 1. The van der Waals surface area contributed by atoms with Gasteiger partial charge in [-0.25, -0.2) is 4.90 Å². The first-order valence-corrected chi connectivity index (χ1v) is 10.6. The van der Waals surface area contributed by atoms with Crippen LogP contribution in [0.3, 0.4) is 0 Å². The lowest BCUT2D eigenvalue weighted by molar-refractivity contribution is -0.122. The van der Waals surface area contributed by atoms with Gasteiger partial charge in [0.2, 0.25) is 11.8 Å². The molecule has 0 N–H and O–H groups in total. The molecule has 3 aromatic rings. The number of nitrogens with zero attached hydrogens (tertiary/aromatic N) is 1. The van der Waals surface area contributed by atoms with Crippen molar-refractivity contribution < 1.29 is 9.59 Å². The topological polar surface area (TPSA) is 37.4 Å². The molecule has 3 heteroatoms. The van der Waals surface area contributed by atoms with E-state index in [1.165, 1.54) is 32.7 Å². The molecule has 3 aromatic carbocycles. The fraction of sp³-hybridized carbons (Fsp3) is 0.259. The molecule has 30 heavy (non-hydrogen) atoms. The van der Waals surface area contributed by atoms with E-state index in [4.69, 9.17) is 0 Å². The van der Waals surface area contributed by atoms with E-state index < -0.39 is 0 Å². The first-order chi connectivity index (χ1) is 14.5. The maximum atomic E-state index is 13.8. The maximum Gasteiger partial charge on any atom is 0.238 e. The van der Waals surface area contributed by atoms with E-state index in [9.17, 15) is 9.59 Å². The average molecular weight is 393 g/mol. The lowest BCUT2D eigenvalue weighted by atomic mass is 9.55. The summed E-state index contributed by atoms with van der Waals surface area (Å²) in [5, 5.41) is 0. The molecule has 0 spiro atoms. The summed E-state index contributed by atoms with van der Waals surface area (Å²) in [5.74, 6) is -0.862. The van der Waals surface area contributed by atoms with E-state index >= 15 is 0 Å². The number of hydrogen-bond acceptors (Lipinski definition) is 2. The van der Waals surface area contributed by atoms with Crippen molar-refractivity contribution in [2.24, 2.45) is 11.8 Å². The largest absolute Gasteiger partial charge is 0.274 e. The maximum absolute atomic E-state index is 13.8. The van der Waals surface area contributed by atoms with Gasteiger partial charge in [0, 0.05) is 11.8 Å². The zero-order valence-electron chi connectivity index (χ0n) is 17.3. The normalized spacial score (nSPS) is 25.9. The number of carbonyl (C=O) groups is 2. The summed E-state index contributed by atoms with van der Waals surface area (Å²) in [7, 11) is 0. The van der Waals surface area contributed by atoms with Crippen molar-refractivity contribution >= 4 is 17.5 Å². The zero-order chi connectivity index (χ0) is 20.7. The molecule has 3 aliphatic carbocycles. The van der Waals surface area contributed by atoms with Gasteiger partial charge in [0.1, 0.15) is 0 Å². The van der Waals surface area contributed by atoms with Crippen molar-refractivity contribution in [2.45, 2.75) is 32.6 Å². The van der Waals surface area contributed by atoms with Gasteiger partial charge in [-0.1, -0.05) is 65.7 Å². The second-order valence-electron chi connectivity index (χ2n) is 9.07. The molecule has 148 valence electrons. The van der Waals surface area contributed by atoms with Crippen LogP contribution in [0, 0.1) is 32.6 Å². The van der Waals surface area contributed by atoms with Crippen LogP contribution >= 0.6 is 0 Å². The van der Waals surface area contributed by atoms with Gasteiger partial charge in [-0.15, -0.1) is 0 Å². The SMILES string of the molecule is Cc1ccc(N2C(=O)[C@@H]3[C@@H]4c5ccccc5[C@H](c5cc(C)ccc54)[C@H]3C2=O)c(C)c1. The predicted octanol–water partition coefficient (Wildman–Crippen LogP) is 5.01. The Balaban J connectivity index is 1.58. The highest BCUT2D eigenvalue weighted by Crippen LogP contribution is 2.61. The highest BCUT2D eigenvalue weighted by atomic mass is 16.2. The van der Waals surface area contributed by atoms with Crippen molar-refractivity contribution in [2.75, 3.05) is 4.90 Å². The second-order valence-corrected chi connectivity index (χ2v) is 9.07. The lowest BCUT2D eigenvalue weighted by Crippen LogP contribution is -2.41. The van der Waals surface area contributed by atoms with Crippen molar-refractivity contribution in [1.82, 2.24) is 0 Å². The third-order valence-electron chi connectivity index (χ3n) is 7.29. The third kappa shape index (κ3) is 2.10. The van der Waals surface area contributed by atoms with E-state index in [2.05, 4.69) is 37.3 Å². The molecule has 0 radical (unpaired) electrons. The Morgan fingerprint density at radius 3 is 1.80 bits per heavy atom. The second kappa shape index (κ2) is 5.91. The fourth-order valence-corrected chi connectivity index (χ4v) is 6.14. The Morgan fingerprint density at radius 1 is 0.633 bits per heavy atom. The molecule has 2 amide bonds. The highest BCUT2D eigenvalue weighted by molar-refractivity contribution is 6.23. The molecular weight excluding hydrogens is 370 g/mol. The molecule has 1 aliphatic heterocycles. The third-order valence-corrected chi connectivity index (χ3v) is 7.29. The molecule has 0 aromatic heterocycles. The van der Waals surface area contributed by atoms with Crippen molar-refractivity contribution in [3.63, 3.8) is 0 Å². The summed E-state index contributed by atoms with van der Waals surface area (Å²) in [6.07, 6.45) is 0. The van der Waals surface area contributed by atoms with Crippen LogP contribution in [0.15, 0.2) is 60.7 Å². The predicted molar refractivity (Wildman–Crippen MR) is 117 cm³/mol. The molecule has 4 aliphatic rings. The van der Waals surface area contributed by atoms with Crippen molar-refractivity contribution in [3.05, 3.63) is 99.6 Å². The summed E-state index contributed by atoms with van der Waals surface area (Å²) in [6.45, 7) is 6.10. The summed E-state index contributed by atoms with van der Waals surface area (Å²) in [5.41, 5.74) is 8.88. The lowest BCUT2D eigenvalue weighted by Gasteiger charge is -2.46. The minimum Gasteiger partial charge on any atom is -0.274 e. The molecule has 1 saturated heterocycles. The van der Waals surface area contributed by atoms with E-state index in [-0.39, 0.29) is 35.5 Å². The summed E-state index contributed by atoms with van der Waals surface area (Å²) in [6, 6.07) is 20.8. The van der Waals surface area contributed by atoms with E-state index in [0.717, 1.165) is 16.8 Å². The van der Waals surface area contributed by atoms with Crippen LogP contribution < -0.4 is 4.90 Å². The summed E-state index contributed by atoms with van der Waals surface area (Å²) in [4.78, 5) is 29.0. The van der Waals surface area contributed by atoms with Gasteiger partial charge in [0.05, 0.1) is 17.5 Å². The fourth-order valence-electron chi connectivity index (χ4n) is 6.14. The molecule has 0 saturated carbocycles. The smallest absolute Gasteiger partial charge is 0.238 e. The van der Waals surface area contributed by atoms with E-state index in [0.29, 0.717) is 0 Å². The standard InChI is InChI=1S/C27H23NO2/c1-14-9-11-21(16(3)12-14)28-26(29)24-22-17-6-4-5-7-18(17)23(25(24)27(28)30)20-13-15(2)8-10-19(20)22/h4-13,22-25H,1-3H3/t22-,23-,24-,25-/m1/s1. The molecule has 3 nitrogen and oxygen atoms in total. The monoisotopic (exact) mass is 393 g/mol. The zero-order valence-corrected chi connectivity index (χ0v) is 17.3. The van der Waals surface area contributed by atoms with Crippen LogP contribution in [0.1, 0.15) is 50.8 Å². The Kier molecular flexibility index (Phi) is 3.48. The highest BCUT2D eigenvalue weighted by Gasteiger charge is 2.61. The Hall–Kier alpha value is -3.20. The Morgan fingerprint density at radius 2 is 1.17 bits per heavy atom. The van der Waals surface area contributed by atoms with E-state index in [1.807, 2.05) is 44.2 Å². The molecule has 4 atom stereocenters. The van der Waals surface area contributed by atoms with Gasteiger partial charge in [0.15, 0.2) is 0 Å². The number of imide groups is 1. The first-order valence-electron chi connectivity index (χ1n) is 10.6. The summed E-state index contributed by atoms with van der Waals surface area (Å²) < 4.78 is 0. The number of rotatable bonds is 1. The first kappa shape index (κ1) is 17.6. The Labute approximate surface area is 176 Å². The van der Waals surface area contributed by atoms with E-state index in [1.54, 1.807) is 0 Å². The molecule has 1 fully saturated rings. The quantitative estimate of drug-likeness (QED) is 0.545. The van der Waals surface area contributed by atoms with Gasteiger partial charge in [0.25, 0.3) is 0 Å². The number of amides is 2. The number of hydrogen-bond donors (Lipinski definition) is 0. The minimum atomic E-state index is -0.326. The van der Waals surface area contributed by atoms with Crippen molar-refractivity contribution in [3.8, 4) is 0 Å². The van der Waals surface area contributed by atoms with Gasteiger partial charge in [-0.05, 0) is 54.7 Å². The Bertz CT molecular complexity index is 1260. The molecule has 0 unspecified atom stereocenters. The molecule has 7 rings (SSSR count). The summed E-state index contributed by atoms with van der Waals surface area (Å²) >= 11 is 0. The average Bonchev–Trinajstić information content (AvgIpc) is 2.99. The number of carbonyl (C=O) groups excluding carboxylic acids is 2. The van der Waals surface area contributed by atoms with Crippen LogP contribution in [0.4, 0.5) is 5.69 Å².